The number of primary amides is 1. The monoisotopic (exact) mass is 303 g/mol. The van der Waals surface area contributed by atoms with Crippen molar-refractivity contribution >= 4 is 28.3 Å². The number of hydrogen-bond donors (Lipinski definition) is 2. The first-order valence-electron chi connectivity index (χ1n) is 6.61. The minimum atomic E-state index is -0.433. The maximum absolute atomic E-state index is 11.9. The van der Waals surface area contributed by atoms with Crippen molar-refractivity contribution in [3.63, 3.8) is 0 Å². The van der Waals surface area contributed by atoms with Gasteiger partial charge < -0.3 is 11.1 Å². The quantitative estimate of drug-likeness (QED) is 0.856. The number of nitrogens with zero attached hydrogens (tertiary/aromatic N) is 1. The van der Waals surface area contributed by atoms with Crippen molar-refractivity contribution in [3.8, 4) is 0 Å². The summed E-state index contributed by atoms with van der Waals surface area (Å²) in [5.74, 6) is -0.519. The molecule has 0 spiro atoms. The molecule has 110 valence electrons. The predicted octanol–water partition coefficient (Wildman–Crippen LogP) is 2.05. The molecule has 0 fully saturated rings. The van der Waals surface area contributed by atoms with Crippen LogP contribution in [0, 0.1) is 6.92 Å². The zero-order chi connectivity index (χ0) is 15.2. The summed E-state index contributed by atoms with van der Waals surface area (Å²) in [7, 11) is 0. The first kappa shape index (κ1) is 15.2. The van der Waals surface area contributed by atoms with Crippen LogP contribution in [-0.4, -0.2) is 16.8 Å². The van der Waals surface area contributed by atoms with Crippen LogP contribution in [-0.2, 0) is 22.4 Å². The minimum Gasteiger partial charge on any atom is -0.369 e. The van der Waals surface area contributed by atoms with E-state index in [0.29, 0.717) is 23.7 Å². The van der Waals surface area contributed by atoms with Crippen molar-refractivity contribution < 1.29 is 9.59 Å². The van der Waals surface area contributed by atoms with Gasteiger partial charge in [0.15, 0.2) is 5.13 Å². The average Bonchev–Trinajstić information content (AvgIpc) is 2.83. The lowest BCUT2D eigenvalue weighted by Crippen LogP contribution is -2.14. The molecular weight excluding hydrogens is 286 g/mol. The fraction of sp³-hybridized carbons (Fsp3) is 0.267. The Morgan fingerprint density at radius 3 is 2.90 bits per heavy atom. The van der Waals surface area contributed by atoms with E-state index >= 15 is 0 Å². The van der Waals surface area contributed by atoms with Gasteiger partial charge in [0, 0.05) is 11.8 Å². The first-order chi connectivity index (χ1) is 10.0. The second-order valence-electron chi connectivity index (χ2n) is 4.82. The van der Waals surface area contributed by atoms with Crippen LogP contribution in [0.5, 0.6) is 0 Å². The van der Waals surface area contributed by atoms with Crippen LogP contribution in [0.25, 0.3) is 0 Å². The molecule has 1 aromatic heterocycles. The number of thiazole rings is 1. The van der Waals surface area contributed by atoms with E-state index in [-0.39, 0.29) is 12.3 Å². The molecular formula is C15H17N3O2S. The van der Waals surface area contributed by atoms with Crippen LogP contribution >= 0.6 is 11.3 Å². The fourth-order valence-electron chi connectivity index (χ4n) is 1.93. The number of aryl methyl sites for hydroxylation is 2. The number of nitrogens with two attached hydrogens (primary N) is 1. The Bertz CT molecular complexity index is 652. The molecule has 1 aromatic carbocycles. The predicted molar refractivity (Wildman–Crippen MR) is 83.1 cm³/mol. The topological polar surface area (TPSA) is 85.1 Å². The number of rotatable bonds is 6. The Labute approximate surface area is 127 Å². The molecule has 0 atom stereocenters. The lowest BCUT2D eigenvalue weighted by Gasteiger charge is -2.03. The third kappa shape index (κ3) is 5.00. The number of nitrogens with one attached hydrogen (secondary N) is 1. The Morgan fingerprint density at radius 1 is 1.38 bits per heavy atom. The van der Waals surface area contributed by atoms with Gasteiger partial charge in [0.25, 0.3) is 0 Å². The largest absolute Gasteiger partial charge is 0.369 e. The van der Waals surface area contributed by atoms with E-state index in [2.05, 4.69) is 16.4 Å². The second kappa shape index (κ2) is 6.99. The van der Waals surface area contributed by atoms with E-state index in [1.807, 2.05) is 25.1 Å². The fourth-order valence-corrected chi connectivity index (χ4v) is 2.66. The van der Waals surface area contributed by atoms with Crippen LogP contribution in [0.1, 0.15) is 23.2 Å². The van der Waals surface area contributed by atoms with Gasteiger partial charge in [-0.25, -0.2) is 4.98 Å². The van der Waals surface area contributed by atoms with E-state index in [0.717, 1.165) is 5.56 Å². The number of aromatic nitrogens is 1. The summed E-state index contributed by atoms with van der Waals surface area (Å²) in [5, 5.41) is 4.96. The number of benzene rings is 1. The lowest BCUT2D eigenvalue weighted by molar-refractivity contribution is -0.117. The van der Waals surface area contributed by atoms with Gasteiger partial charge in [-0.2, -0.15) is 0 Å². The molecule has 2 rings (SSSR count). The molecule has 3 N–H and O–H groups in total. The zero-order valence-corrected chi connectivity index (χ0v) is 12.6. The second-order valence-corrected chi connectivity index (χ2v) is 5.68. The van der Waals surface area contributed by atoms with Crippen molar-refractivity contribution in [1.29, 1.82) is 0 Å². The van der Waals surface area contributed by atoms with E-state index in [1.165, 1.54) is 16.9 Å². The van der Waals surface area contributed by atoms with Gasteiger partial charge >= 0.3 is 0 Å². The summed E-state index contributed by atoms with van der Waals surface area (Å²) in [4.78, 5) is 26.8. The summed E-state index contributed by atoms with van der Waals surface area (Å²) in [6.07, 6.45) is 1.18. The lowest BCUT2D eigenvalue weighted by atomic mass is 10.1. The van der Waals surface area contributed by atoms with Crippen LogP contribution < -0.4 is 11.1 Å². The smallest absolute Gasteiger partial charge is 0.226 e. The third-order valence-corrected chi connectivity index (χ3v) is 3.68. The molecule has 6 heteroatoms. The number of carbonyl (C=O) groups is 2. The van der Waals surface area contributed by atoms with Crippen LogP contribution in [0.15, 0.2) is 29.6 Å². The van der Waals surface area contributed by atoms with Crippen molar-refractivity contribution in [2.75, 3.05) is 5.32 Å². The van der Waals surface area contributed by atoms with Gasteiger partial charge in [0.05, 0.1) is 12.1 Å². The molecule has 0 aliphatic rings. The van der Waals surface area contributed by atoms with Gasteiger partial charge in [0.1, 0.15) is 0 Å². The normalized spacial score (nSPS) is 10.3. The first-order valence-corrected chi connectivity index (χ1v) is 7.49. The van der Waals surface area contributed by atoms with Gasteiger partial charge in [-0.15, -0.1) is 11.3 Å². The molecule has 5 nitrogen and oxygen atoms in total. The summed E-state index contributed by atoms with van der Waals surface area (Å²) in [6, 6.07) is 8.09. The van der Waals surface area contributed by atoms with Gasteiger partial charge in [-0.05, 0) is 18.9 Å². The molecule has 0 saturated heterocycles. The van der Waals surface area contributed by atoms with Crippen LogP contribution in [0.2, 0.25) is 0 Å². The summed E-state index contributed by atoms with van der Waals surface area (Å²) < 4.78 is 0. The molecule has 0 radical (unpaired) electrons. The average molecular weight is 303 g/mol. The van der Waals surface area contributed by atoms with Crippen molar-refractivity contribution in [3.05, 3.63) is 46.5 Å². The minimum absolute atomic E-state index is 0.0866. The van der Waals surface area contributed by atoms with Crippen molar-refractivity contribution in [1.82, 2.24) is 4.98 Å². The van der Waals surface area contributed by atoms with E-state index in [4.69, 9.17) is 5.73 Å². The highest BCUT2D eigenvalue weighted by molar-refractivity contribution is 7.13. The van der Waals surface area contributed by atoms with Crippen molar-refractivity contribution in [2.24, 2.45) is 5.73 Å². The number of hydrogen-bond acceptors (Lipinski definition) is 4. The van der Waals surface area contributed by atoms with E-state index in [1.54, 1.807) is 5.38 Å². The SMILES string of the molecule is Cc1cccc(CCC(=O)Nc2nc(CC(N)=O)cs2)c1. The Morgan fingerprint density at radius 2 is 2.19 bits per heavy atom. The van der Waals surface area contributed by atoms with Crippen LogP contribution in [0.3, 0.4) is 0 Å². The van der Waals surface area contributed by atoms with Crippen molar-refractivity contribution in [2.45, 2.75) is 26.2 Å². The van der Waals surface area contributed by atoms with Gasteiger partial charge in [-0.1, -0.05) is 29.8 Å². The maximum atomic E-state index is 11.9. The molecule has 0 unspecified atom stereocenters. The molecule has 0 aliphatic carbocycles. The molecule has 0 aliphatic heterocycles. The molecule has 1 heterocycles. The highest BCUT2D eigenvalue weighted by Crippen LogP contribution is 2.16. The van der Waals surface area contributed by atoms with Gasteiger partial charge in [0.2, 0.25) is 11.8 Å². The highest BCUT2D eigenvalue weighted by atomic mass is 32.1. The van der Waals surface area contributed by atoms with E-state index in [9.17, 15) is 9.59 Å². The Balaban J connectivity index is 1.84. The summed E-state index contributed by atoms with van der Waals surface area (Å²) >= 11 is 1.29. The number of amides is 2. The number of anilines is 1. The van der Waals surface area contributed by atoms with Gasteiger partial charge in [-0.3, -0.25) is 9.59 Å². The molecule has 0 bridgehead atoms. The van der Waals surface area contributed by atoms with E-state index < -0.39 is 5.91 Å². The molecule has 2 aromatic rings. The standard InChI is InChI=1S/C15H17N3O2S/c1-10-3-2-4-11(7-10)5-6-14(20)18-15-17-12(9-21-15)8-13(16)19/h2-4,7,9H,5-6,8H2,1H3,(H2,16,19)(H,17,18,20). The molecule has 21 heavy (non-hydrogen) atoms. The molecule has 2 amide bonds. The summed E-state index contributed by atoms with van der Waals surface area (Å²) in [6.45, 7) is 2.03. The maximum Gasteiger partial charge on any atom is 0.226 e. The summed E-state index contributed by atoms with van der Waals surface area (Å²) in [5.41, 5.74) is 8.00. The Hall–Kier alpha value is -2.21. The number of carbonyl (C=O) groups excluding carboxylic acids is 2. The highest BCUT2D eigenvalue weighted by Gasteiger charge is 2.08. The van der Waals surface area contributed by atoms with Crippen LogP contribution in [0.4, 0.5) is 5.13 Å². The molecule has 0 saturated carbocycles. The zero-order valence-electron chi connectivity index (χ0n) is 11.8. The third-order valence-electron chi connectivity index (χ3n) is 2.88. The Kier molecular flexibility index (Phi) is 5.05.